The number of alkyl halides is 3. The lowest BCUT2D eigenvalue weighted by Gasteiger charge is -2.36. The maximum absolute atomic E-state index is 12.7. The molecule has 0 atom stereocenters. The number of anilines is 2. The number of amides is 1. The van der Waals surface area contributed by atoms with Crippen molar-refractivity contribution in [3.05, 3.63) is 53.7 Å². The highest BCUT2D eigenvalue weighted by Crippen LogP contribution is 2.29. The number of nitrogens with zero attached hydrogens (tertiary/aromatic N) is 4. The van der Waals surface area contributed by atoms with Crippen LogP contribution in [-0.2, 0) is 16.4 Å². The molecule has 1 aromatic heterocycles. The van der Waals surface area contributed by atoms with Crippen molar-refractivity contribution in [3.8, 4) is 0 Å². The van der Waals surface area contributed by atoms with Crippen molar-refractivity contribution in [2.45, 2.75) is 71.5 Å². The molecule has 0 radical (unpaired) electrons. The van der Waals surface area contributed by atoms with Crippen LogP contribution in [0.3, 0.4) is 0 Å². The van der Waals surface area contributed by atoms with Gasteiger partial charge in [0.25, 0.3) is 0 Å². The van der Waals surface area contributed by atoms with Crippen LogP contribution in [-0.4, -0.2) is 72.5 Å². The van der Waals surface area contributed by atoms with Gasteiger partial charge in [-0.05, 0) is 61.1 Å². The molecule has 6 nitrogen and oxygen atoms in total. The van der Waals surface area contributed by atoms with E-state index >= 15 is 0 Å². The molecule has 2 aromatic rings. The molecule has 216 valence electrons. The van der Waals surface area contributed by atoms with Crippen LogP contribution in [0.4, 0.5) is 24.7 Å². The number of rotatable bonds is 7. The van der Waals surface area contributed by atoms with E-state index in [2.05, 4.69) is 65.1 Å². The number of carbonyl (C=O) groups excluding carboxylic acids is 1. The molecular formula is C30H44F3N5O. The van der Waals surface area contributed by atoms with E-state index in [0.29, 0.717) is 25.3 Å². The molecule has 2 aliphatic heterocycles. The number of hydrogen-bond acceptors (Lipinski definition) is 5. The van der Waals surface area contributed by atoms with Crippen LogP contribution in [0.1, 0.15) is 65.0 Å². The Morgan fingerprint density at radius 2 is 1.54 bits per heavy atom. The van der Waals surface area contributed by atoms with Crippen molar-refractivity contribution in [1.82, 2.24) is 14.8 Å². The molecule has 4 rings (SSSR count). The van der Waals surface area contributed by atoms with Crippen molar-refractivity contribution in [1.29, 1.82) is 0 Å². The molecule has 3 heterocycles. The first kappa shape index (κ1) is 30.7. The maximum Gasteiger partial charge on any atom is 0.417 e. The lowest BCUT2D eigenvalue weighted by atomic mass is 9.87. The van der Waals surface area contributed by atoms with Gasteiger partial charge in [0.2, 0.25) is 5.91 Å². The van der Waals surface area contributed by atoms with Gasteiger partial charge in [0, 0.05) is 63.6 Å². The van der Waals surface area contributed by atoms with Gasteiger partial charge in [0.15, 0.2) is 0 Å². The van der Waals surface area contributed by atoms with Crippen LogP contribution < -0.4 is 10.2 Å². The lowest BCUT2D eigenvalue weighted by Crippen LogP contribution is -2.47. The SMILES string of the molecule is C.CC(C)(C)c1ccc(N2CCN(CCCC(=O)N3CCC(Nc4ccc(C(F)(F)F)cn4)CC3)CC2)cc1. The molecule has 39 heavy (non-hydrogen) atoms. The third-order valence-electron chi connectivity index (χ3n) is 7.63. The Morgan fingerprint density at radius 3 is 2.08 bits per heavy atom. The van der Waals surface area contributed by atoms with E-state index in [4.69, 9.17) is 0 Å². The third-order valence-corrected chi connectivity index (χ3v) is 7.63. The first-order chi connectivity index (χ1) is 18.0. The third kappa shape index (κ3) is 8.59. The molecule has 2 saturated heterocycles. The summed E-state index contributed by atoms with van der Waals surface area (Å²) in [6.45, 7) is 12.9. The van der Waals surface area contributed by atoms with Crippen LogP contribution >= 0.6 is 0 Å². The van der Waals surface area contributed by atoms with Gasteiger partial charge in [0.1, 0.15) is 5.82 Å². The van der Waals surface area contributed by atoms with Gasteiger partial charge in [0.05, 0.1) is 5.56 Å². The number of piperidine rings is 1. The van der Waals surface area contributed by atoms with E-state index in [1.165, 1.54) is 17.3 Å². The van der Waals surface area contributed by atoms with Gasteiger partial charge in [-0.1, -0.05) is 40.3 Å². The Labute approximate surface area is 231 Å². The Morgan fingerprint density at radius 1 is 0.923 bits per heavy atom. The second-order valence-electron chi connectivity index (χ2n) is 11.5. The van der Waals surface area contributed by atoms with Crippen LogP contribution in [0.2, 0.25) is 0 Å². The summed E-state index contributed by atoms with van der Waals surface area (Å²) in [4.78, 5) is 23.4. The van der Waals surface area contributed by atoms with Crippen LogP contribution in [0.5, 0.6) is 0 Å². The summed E-state index contributed by atoms with van der Waals surface area (Å²) >= 11 is 0. The largest absolute Gasteiger partial charge is 0.417 e. The predicted octanol–water partition coefficient (Wildman–Crippen LogP) is 6.04. The van der Waals surface area contributed by atoms with Crippen molar-refractivity contribution in [2.75, 3.05) is 56.0 Å². The fraction of sp³-hybridized carbons (Fsp3) is 0.600. The van der Waals surface area contributed by atoms with Gasteiger partial charge < -0.3 is 15.1 Å². The lowest BCUT2D eigenvalue weighted by molar-refractivity contribution is -0.137. The highest BCUT2D eigenvalue weighted by molar-refractivity contribution is 5.76. The molecular weight excluding hydrogens is 503 g/mol. The van der Waals surface area contributed by atoms with E-state index in [-0.39, 0.29) is 24.8 Å². The molecule has 2 aliphatic rings. The monoisotopic (exact) mass is 547 g/mol. The zero-order chi connectivity index (χ0) is 27.3. The number of nitrogens with one attached hydrogen (secondary N) is 1. The summed E-state index contributed by atoms with van der Waals surface area (Å²) in [5.74, 6) is 0.624. The molecule has 1 aromatic carbocycles. The number of piperazine rings is 1. The zero-order valence-electron chi connectivity index (χ0n) is 22.7. The van der Waals surface area contributed by atoms with E-state index < -0.39 is 11.7 Å². The zero-order valence-corrected chi connectivity index (χ0v) is 22.7. The number of likely N-dealkylation sites (tertiary alicyclic amines) is 1. The summed E-state index contributed by atoms with van der Waals surface area (Å²) in [5.41, 5.74) is 2.03. The molecule has 0 spiro atoms. The first-order valence-corrected chi connectivity index (χ1v) is 13.6. The van der Waals surface area contributed by atoms with Crippen LogP contribution in [0, 0.1) is 0 Å². The number of hydrogen-bond donors (Lipinski definition) is 1. The maximum atomic E-state index is 12.7. The van der Waals surface area contributed by atoms with Crippen LogP contribution in [0.25, 0.3) is 0 Å². The average molecular weight is 548 g/mol. The molecule has 2 fully saturated rings. The van der Waals surface area contributed by atoms with Crippen molar-refractivity contribution >= 4 is 17.4 Å². The minimum atomic E-state index is -4.38. The van der Waals surface area contributed by atoms with Gasteiger partial charge in [-0.3, -0.25) is 9.69 Å². The van der Waals surface area contributed by atoms with E-state index in [1.54, 1.807) is 0 Å². The average Bonchev–Trinajstić information content (AvgIpc) is 2.89. The summed E-state index contributed by atoms with van der Waals surface area (Å²) < 4.78 is 38.1. The van der Waals surface area contributed by atoms with Crippen molar-refractivity contribution < 1.29 is 18.0 Å². The smallest absolute Gasteiger partial charge is 0.369 e. The van der Waals surface area contributed by atoms with Crippen molar-refractivity contribution in [2.24, 2.45) is 0 Å². The van der Waals surface area contributed by atoms with E-state index in [9.17, 15) is 18.0 Å². The fourth-order valence-electron chi connectivity index (χ4n) is 5.14. The summed E-state index contributed by atoms with van der Waals surface area (Å²) in [6, 6.07) is 11.4. The predicted molar refractivity (Wildman–Crippen MR) is 152 cm³/mol. The Bertz CT molecular complexity index is 1030. The quantitative estimate of drug-likeness (QED) is 0.458. The summed E-state index contributed by atoms with van der Waals surface area (Å²) in [5, 5.41) is 3.20. The second-order valence-corrected chi connectivity index (χ2v) is 11.5. The summed E-state index contributed by atoms with van der Waals surface area (Å²) in [6.07, 6.45) is -0.615. The Balaban J connectivity index is 0.00000420. The molecule has 1 N–H and O–H groups in total. The highest BCUT2D eigenvalue weighted by atomic mass is 19.4. The second kappa shape index (κ2) is 13.0. The van der Waals surface area contributed by atoms with Crippen LogP contribution in [0.15, 0.2) is 42.6 Å². The molecule has 0 unspecified atom stereocenters. The Kier molecular flexibility index (Phi) is 10.3. The van der Waals surface area contributed by atoms with Gasteiger partial charge in [-0.2, -0.15) is 13.2 Å². The topological polar surface area (TPSA) is 51.7 Å². The number of benzene rings is 1. The van der Waals surface area contributed by atoms with E-state index in [1.807, 2.05) is 4.90 Å². The minimum Gasteiger partial charge on any atom is -0.369 e. The first-order valence-electron chi connectivity index (χ1n) is 13.6. The number of halogens is 3. The number of pyridine rings is 1. The van der Waals surface area contributed by atoms with Crippen molar-refractivity contribution in [3.63, 3.8) is 0 Å². The van der Waals surface area contributed by atoms with Gasteiger partial charge in [-0.25, -0.2) is 4.98 Å². The molecule has 0 aliphatic carbocycles. The normalized spacial score (nSPS) is 17.6. The van der Waals surface area contributed by atoms with Gasteiger partial charge in [-0.15, -0.1) is 0 Å². The van der Waals surface area contributed by atoms with E-state index in [0.717, 1.165) is 64.2 Å². The minimum absolute atomic E-state index is 0. The Hall–Kier alpha value is -2.81. The molecule has 1 amide bonds. The molecule has 9 heteroatoms. The highest BCUT2D eigenvalue weighted by Gasteiger charge is 2.31. The molecule has 0 bridgehead atoms. The number of carbonyl (C=O) groups is 1. The molecule has 0 saturated carbocycles. The number of aromatic nitrogens is 1. The van der Waals surface area contributed by atoms with Gasteiger partial charge >= 0.3 is 6.18 Å². The summed E-state index contributed by atoms with van der Waals surface area (Å²) in [7, 11) is 0. The fourth-order valence-corrected chi connectivity index (χ4v) is 5.14. The standard InChI is InChI=1S/C29H40F3N5O.CH4/c1-28(2,3)22-6-9-25(10-7-22)36-19-17-35(18-20-36)14-4-5-27(38)37-15-12-24(13-16-37)34-26-11-8-23(21-33-26)29(30,31)32;/h6-11,21,24H,4-5,12-20H2,1-3H3,(H,33,34);1H4.